The van der Waals surface area contributed by atoms with E-state index in [2.05, 4.69) is 20.6 Å². The molecule has 1 aromatic carbocycles. The molecule has 0 atom stereocenters. The Labute approximate surface area is 147 Å². The summed E-state index contributed by atoms with van der Waals surface area (Å²) in [6.45, 7) is 0.468. The second kappa shape index (κ2) is 7.75. The quantitative estimate of drug-likeness (QED) is 0.898. The molecule has 0 radical (unpaired) electrons. The number of aromatic nitrogens is 2. The van der Waals surface area contributed by atoms with Crippen LogP contribution in [0.3, 0.4) is 0 Å². The SMILES string of the molecule is N#Cc1nccc(C2(NC(=O)NCc3ccccc3)CCCCC2)n1. The van der Waals surface area contributed by atoms with Crippen LogP contribution in [0.2, 0.25) is 0 Å². The molecule has 1 fully saturated rings. The molecule has 1 saturated carbocycles. The van der Waals surface area contributed by atoms with Crippen LogP contribution in [-0.4, -0.2) is 16.0 Å². The number of rotatable bonds is 4. The molecule has 0 spiro atoms. The number of carbonyl (C=O) groups excluding carboxylic acids is 1. The van der Waals surface area contributed by atoms with Crippen molar-refractivity contribution in [2.45, 2.75) is 44.2 Å². The molecule has 2 aromatic rings. The number of carbonyl (C=O) groups is 1. The molecule has 2 N–H and O–H groups in total. The van der Waals surface area contributed by atoms with E-state index >= 15 is 0 Å². The van der Waals surface area contributed by atoms with Crippen molar-refractivity contribution in [2.75, 3.05) is 0 Å². The Balaban J connectivity index is 1.74. The van der Waals surface area contributed by atoms with E-state index < -0.39 is 5.54 Å². The number of amides is 2. The van der Waals surface area contributed by atoms with Crippen molar-refractivity contribution in [1.29, 1.82) is 5.26 Å². The third-order valence-electron chi connectivity index (χ3n) is 4.60. The predicted octanol–water partition coefficient (Wildman–Crippen LogP) is 3.01. The van der Waals surface area contributed by atoms with E-state index in [1.807, 2.05) is 36.4 Å². The van der Waals surface area contributed by atoms with Crippen molar-refractivity contribution in [3.8, 4) is 6.07 Å². The highest BCUT2D eigenvalue weighted by Gasteiger charge is 2.37. The van der Waals surface area contributed by atoms with E-state index in [1.165, 1.54) is 0 Å². The first kappa shape index (κ1) is 16.9. The minimum absolute atomic E-state index is 0.133. The van der Waals surface area contributed by atoms with Gasteiger partial charge in [-0.3, -0.25) is 0 Å². The molecule has 0 saturated heterocycles. The van der Waals surface area contributed by atoms with Gasteiger partial charge in [-0.25, -0.2) is 14.8 Å². The average molecular weight is 335 g/mol. The second-order valence-corrected chi connectivity index (χ2v) is 6.31. The van der Waals surface area contributed by atoms with E-state index in [-0.39, 0.29) is 11.9 Å². The van der Waals surface area contributed by atoms with E-state index in [9.17, 15) is 4.79 Å². The highest BCUT2D eigenvalue weighted by atomic mass is 16.2. The molecule has 6 heteroatoms. The molecule has 0 aliphatic heterocycles. The van der Waals surface area contributed by atoms with Gasteiger partial charge in [0, 0.05) is 12.7 Å². The summed E-state index contributed by atoms with van der Waals surface area (Å²) in [5, 5.41) is 15.1. The van der Waals surface area contributed by atoms with Crippen LogP contribution in [0.4, 0.5) is 4.79 Å². The van der Waals surface area contributed by atoms with Crippen LogP contribution in [0.25, 0.3) is 0 Å². The van der Waals surface area contributed by atoms with Gasteiger partial charge in [-0.1, -0.05) is 49.6 Å². The molecule has 0 unspecified atom stereocenters. The van der Waals surface area contributed by atoms with Crippen LogP contribution in [0.15, 0.2) is 42.6 Å². The fourth-order valence-electron chi connectivity index (χ4n) is 3.32. The van der Waals surface area contributed by atoms with Crippen molar-refractivity contribution in [3.05, 3.63) is 59.7 Å². The summed E-state index contributed by atoms with van der Waals surface area (Å²) in [7, 11) is 0. The van der Waals surface area contributed by atoms with Crippen molar-refractivity contribution in [1.82, 2.24) is 20.6 Å². The Morgan fingerprint density at radius 1 is 1.16 bits per heavy atom. The van der Waals surface area contributed by atoms with Crippen LogP contribution in [0, 0.1) is 11.3 Å². The lowest BCUT2D eigenvalue weighted by atomic mass is 9.79. The van der Waals surface area contributed by atoms with Gasteiger partial charge in [-0.15, -0.1) is 0 Å². The molecular formula is C19H21N5O. The first-order chi connectivity index (χ1) is 12.2. The van der Waals surface area contributed by atoms with Crippen molar-refractivity contribution >= 4 is 6.03 Å². The largest absolute Gasteiger partial charge is 0.334 e. The second-order valence-electron chi connectivity index (χ2n) is 6.31. The Bertz CT molecular complexity index is 763. The number of nitriles is 1. The van der Waals surface area contributed by atoms with Gasteiger partial charge in [-0.05, 0) is 24.5 Å². The number of hydrogen-bond donors (Lipinski definition) is 2. The normalized spacial score (nSPS) is 15.8. The summed E-state index contributed by atoms with van der Waals surface area (Å²) in [4.78, 5) is 20.8. The van der Waals surface area contributed by atoms with Gasteiger partial charge in [0.15, 0.2) is 0 Å². The molecule has 1 aliphatic rings. The minimum Gasteiger partial charge on any atom is -0.334 e. The number of benzene rings is 1. The van der Waals surface area contributed by atoms with Gasteiger partial charge < -0.3 is 10.6 Å². The van der Waals surface area contributed by atoms with Gasteiger partial charge in [0.25, 0.3) is 0 Å². The first-order valence-electron chi connectivity index (χ1n) is 8.55. The van der Waals surface area contributed by atoms with Crippen molar-refractivity contribution in [3.63, 3.8) is 0 Å². The lowest BCUT2D eigenvalue weighted by Gasteiger charge is -2.37. The van der Waals surface area contributed by atoms with Crippen LogP contribution >= 0.6 is 0 Å². The van der Waals surface area contributed by atoms with Gasteiger partial charge in [0.1, 0.15) is 6.07 Å². The van der Waals surface area contributed by atoms with Crippen LogP contribution in [-0.2, 0) is 12.1 Å². The zero-order valence-electron chi connectivity index (χ0n) is 14.0. The third-order valence-corrected chi connectivity index (χ3v) is 4.60. The molecule has 0 bridgehead atoms. The van der Waals surface area contributed by atoms with Crippen molar-refractivity contribution < 1.29 is 4.79 Å². The topological polar surface area (TPSA) is 90.7 Å². The van der Waals surface area contributed by atoms with E-state index in [0.717, 1.165) is 37.7 Å². The predicted molar refractivity (Wildman–Crippen MR) is 93.3 cm³/mol. The van der Waals surface area contributed by atoms with Crippen LogP contribution in [0.5, 0.6) is 0 Å². The lowest BCUT2D eigenvalue weighted by Crippen LogP contribution is -2.51. The Kier molecular flexibility index (Phi) is 5.24. The fraction of sp³-hybridized carbons (Fsp3) is 0.368. The summed E-state index contributed by atoms with van der Waals surface area (Å²) in [6.07, 6.45) is 6.39. The summed E-state index contributed by atoms with van der Waals surface area (Å²) in [6, 6.07) is 13.3. The molecule has 6 nitrogen and oxygen atoms in total. The third kappa shape index (κ3) is 4.13. The molecule has 1 aliphatic carbocycles. The number of hydrogen-bond acceptors (Lipinski definition) is 4. The molecule has 128 valence electrons. The zero-order chi connectivity index (χ0) is 17.5. The lowest BCUT2D eigenvalue weighted by molar-refractivity contribution is 0.199. The molecule has 1 aromatic heterocycles. The Morgan fingerprint density at radius 3 is 2.64 bits per heavy atom. The van der Waals surface area contributed by atoms with Gasteiger partial charge in [-0.2, -0.15) is 5.26 Å². The summed E-state index contributed by atoms with van der Waals surface area (Å²) < 4.78 is 0. The van der Waals surface area contributed by atoms with Crippen LogP contribution < -0.4 is 10.6 Å². The molecule has 25 heavy (non-hydrogen) atoms. The number of nitrogens with one attached hydrogen (secondary N) is 2. The average Bonchev–Trinajstić information content (AvgIpc) is 2.68. The number of urea groups is 1. The minimum atomic E-state index is -0.534. The first-order valence-corrected chi connectivity index (χ1v) is 8.55. The van der Waals surface area contributed by atoms with Crippen LogP contribution in [0.1, 0.15) is 49.2 Å². The maximum Gasteiger partial charge on any atom is 0.315 e. The van der Waals surface area contributed by atoms with E-state index in [1.54, 1.807) is 12.3 Å². The maximum absolute atomic E-state index is 12.5. The molecule has 1 heterocycles. The van der Waals surface area contributed by atoms with Gasteiger partial charge >= 0.3 is 6.03 Å². The van der Waals surface area contributed by atoms with E-state index in [4.69, 9.17) is 5.26 Å². The smallest absolute Gasteiger partial charge is 0.315 e. The summed E-state index contributed by atoms with van der Waals surface area (Å²) in [5.74, 6) is 0.133. The Hall–Kier alpha value is -2.94. The number of nitrogens with zero attached hydrogens (tertiary/aromatic N) is 3. The fourth-order valence-corrected chi connectivity index (χ4v) is 3.32. The highest BCUT2D eigenvalue weighted by Crippen LogP contribution is 2.36. The molecular weight excluding hydrogens is 314 g/mol. The zero-order valence-corrected chi connectivity index (χ0v) is 14.0. The monoisotopic (exact) mass is 335 g/mol. The summed E-state index contributed by atoms with van der Waals surface area (Å²) >= 11 is 0. The molecule has 3 rings (SSSR count). The maximum atomic E-state index is 12.5. The van der Waals surface area contributed by atoms with E-state index in [0.29, 0.717) is 12.2 Å². The summed E-state index contributed by atoms with van der Waals surface area (Å²) in [5.41, 5.74) is 1.23. The molecule has 2 amide bonds. The highest BCUT2D eigenvalue weighted by molar-refractivity contribution is 5.75. The van der Waals surface area contributed by atoms with Gasteiger partial charge in [0.2, 0.25) is 5.82 Å². The standard InChI is InChI=1S/C19H21N5O/c20-13-17-21-12-9-16(23-17)19(10-5-2-6-11-19)24-18(25)22-14-15-7-3-1-4-8-15/h1,3-4,7-9,12H,2,5-6,10-11,14H2,(H2,22,24,25). The van der Waals surface area contributed by atoms with Crippen molar-refractivity contribution in [2.24, 2.45) is 0 Å². The van der Waals surface area contributed by atoms with Gasteiger partial charge in [0.05, 0.1) is 11.2 Å². The Morgan fingerprint density at radius 2 is 1.92 bits per heavy atom.